The van der Waals surface area contributed by atoms with Gasteiger partial charge in [-0.25, -0.2) is 0 Å². The van der Waals surface area contributed by atoms with Gasteiger partial charge in [-0.2, -0.15) is 0 Å². The second-order valence-corrected chi connectivity index (χ2v) is 16.6. The molecule has 0 radical (unpaired) electrons. The molecule has 6 heteroatoms. The smallest absolute Gasteiger partial charge is 0.306 e. The number of carbonyl (C=O) groups is 3. The molecule has 0 aliphatic carbocycles. The minimum absolute atomic E-state index is 0.0653. The van der Waals surface area contributed by atoms with Gasteiger partial charge in [0, 0.05) is 19.3 Å². The van der Waals surface area contributed by atoms with Crippen molar-refractivity contribution in [2.24, 2.45) is 11.8 Å². The Morgan fingerprint density at radius 2 is 0.635 bits per heavy atom. The van der Waals surface area contributed by atoms with Gasteiger partial charge in [0.1, 0.15) is 13.2 Å². The first kappa shape index (κ1) is 50.4. The molecule has 0 heterocycles. The molecular formula is C46H88O6. The number of carbonyl (C=O) groups excluding carboxylic acids is 3. The molecule has 0 aromatic carbocycles. The molecule has 1 atom stereocenters. The molecule has 0 saturated carbocycles. The zero-order valence-electron chi connectivity index (χ0n) is 35.4. The van der Waals surface area contributed by atoms with Crippen molar-refractivity contribution in [2.75, 3.05) is 13.2 Å². The van der Waals surface area contributed by atoms with E-state index in [1.807, 2.05) is 0 Å². The molecule has 0 aromatic heterocycles. The molecule has 0 rings (SSSR count). The Morgan fingerprint density at radius 3 is 0.942 bits per heavy atom. The summed E-state index contributed by atoms with van der Waals surface area (Å²) in [6.07, 6.45) is 36.6. The van der Waals surface area contributed by atoms with Crippen LogP contribution in [0, 0.1) is 11.8 Å². The summed E-state index contributed by atoms with van der Waals surface area (Å²) < 4.78 is 16.7. The second kappa shape index (κ2) is 39.1. The van der Waals surface area contributed by atoms with Crippen LogP contribution in [-0.4, -0.2) is 37.2 Å². The molecule has 0 N–H and O–H groups in total. The lowest BCUT2D eigenvalue weighted by Crippen LogP contribution is -2.30. The fourth-order valence-electron chi connectivity index (χ4n) is 6.75. The molecule has 0 spiro atoms. The number of hydrogen-bond donors (Lipinski definition) is 0. The lowest BCUT2D eigenvalue weighted by atomic mass is 10.0. The van der Waals surface area contributed by atoms with Crippen LogP contribution in [0.5, 0.6) is 0 Å². The van der Waals surface area contributed by atoms with E-state index in [9.17, 15) is 14.4 Å². The maximum absolute atomic E-state index is 12.7. The van der Waals surface area contributed by atoms with Crippen LogP contribution < -0.4 is 0 Å². The zero-order valence-corrected chi connectivity index (χ0v) is 35.4. The van der Waals surface area contributed by atoms with Crippen LogP contribution in [0.2, 0.25) is 0 Å². The first-order valence-corrected chi connectivity index (χ1v) is 22.7. The fraction of sp³-hybridized carbons (Fsp3) is 0.935. The molecule has 308 valence electrons. The standard InChI is InChI=1S/C46H88O6/c1-6-7-8-9-10-14-21-26-31-36-44(47)50-39-43(52-46(49)38-33-28-23-18-17-20-25-30-35-42(4)5)40-51-45(48)37-32-27-22-16-13-11-12-15-19-24-29-34-41(2)3/h41-43H,6-40H2,1-5H3/t43-/m0/s1. The quantitative estimate of drug-likeness (QED) is 0.0354. The molecule has 0 aliphatic rings. The van der Waals surface area contributed by atoms with Crippen molar-refractivity contribution >= 4 is 17.9 Å². The fourth-order valence-corrected chi connectivity index (χ4v) is 6.75. The highest BCUT2D eigenvalue weighted by Crippen LogP contribution is 2.16. The van der Waals surface area contributed by atoms with Crippen LogP contribution >= 0.6 is 0 Å². The Bertz CT molecular complexity index is 794. The van der Waals surface area contributed by atoms with Crippen LogP contribution in [0.15, 0.2) is 0 Å². The minimum Gasteiger partial charge on any atom is -0.462 e. The third kappa shape index (κ3) is 39.6. The average Bonchev–Trinajstić information content (AvgIpc) is 3.11. The summed E-state index contributed by atoms with van der Waals surface area (Å²) in [5.41, 5.74) is 0. The van der Waals surface area contributed by atoms with Crippen LogP contribution in [-0.2, 0) is 28.6 Å². The molecule has 0 saturated heterocycles. The Labute approximate surface area is 323 Å². The van der Waals surface area contributed by atoms with Gasteiger partial charge in [0.15, 0.2) is 6.10 Å². The Kier molecular flexibility index (Phi) is 37.9. The molecule has 0 fully saturated rings. The van der Waals surface area contributed by atoms with E-state index < -0.39 is 6.10 Å². The van der Waals surface area contributed by atoms with Crippen LogP contribution in [0.1, 0.15) is 247 Å². The van der Waals surface area contributed by atoms with Gasteiger partial charge in [0.2, 0.25) is 0 Å². The van der Waals surface area contributed by atoms with Crippen molar-refractivity contribution in [2.45, 2.75) is 253 Å². The van der Waals surface area contributed by atoms with Crippen molar-refractivity contribution in [3.05, 3.63) is 0 Å². The summed E-state index contributed by atoms with van der Waals surface area (Å²) in [4.78, 5) is 37.6. The SMILES string of the molecule is CCCCCCCCCCCC(=O)OC[C@@H](COC(=O)CCCCCCCCCCCCCC(C)C)OC(=O)CCCCCCCCCCC(C)C. The van der Waals surface area contributed by atoms with E-state index in [1.165, 1.54) is 135 Å². The van der Waals surface area contributed by atoms with Gasteiger partial charge >= 0.3 is 17.9 Å². The number of esters is 3. The van der Waals surface area contributed by atoms with Gasteiger partial charge in [-0.3, -0.25) is 14.4 Å². The second-order valence-electron chi connectivity index (χ2n) is 16.6. The highest BCUT2D eigenvalue weighted by molar-refractivity contribution is 5.71. The van der Waals surface area contributed by atoms with E-state index in [0.29, 0.717) is 19.3 Å². The lowest BCUT2D eigenvalue weighted by molar-refractivity contribution is -0.167. The average molecular weight is 737 g/mol. The third-order valence-electron chi connectivity index (χ3n) is 10.2. The van der Waals surface area contributed by atoms with Crippen molar-refractivity contribution in [3.8, 4) is 0 Å². The lowest BCUT2D eigenvalue weighted by Gasteiger charge is -2.18. The molecular weight excluding hydrogens is 649 g/mol. The molecule has 0 bridgehead atoms. The largest absolute Gasteiger partial charge is 0.462 e. The first-order chi connectivity index (χ1) is 25.2. The number of rotatable bonds is 40. The number of unbranched alkanes of at least 4 members (excludes halogenated alkanes) is 25. The number of ether oxygens (including phenoxy) is 3. The summed E-state index contributed by atoms with van der Waals surface area (Å²) in [6.45, 7) is 11.3. The van der Waals surface area contributed by atoms with Crippen molar-refractivity contribution in [1.29, 1.82) is 0 Å². The predicted octanol–water partition coefficient (Wildman–Crippen LogP) is 14.2. The van der Waals surface area contributed by atoms with E-state index in [2.05, 4.69) is 34.6 Å². The van der Waals surface area contributed by atoms with E-state index in [1.54, 1.807) is 0 Å². The molecule has 52 heavy (non-hydrogen) atoms. The Balaban J connectivity index is 4.31. The van der Waals surface area contributed by atoms with E-state index in [-0.39, 0.29) is 31.1 Å². The topological polar surface area (TPSA) is 78.9 Å². The predicted molar refractivity (Wildman–Crippen MR) is 220 cm³/mol. The van der Waals surface area contributed by atoms with E-state index in [0.717, 1.165) is 69.6 Å². The van der Waals surface area contributed by atoms with E-state index >= 15 is 0 Å². The maximum atomic E-state index is 12.7. The molecule has 6 nitrogen and oxygen atoms in total. The summed E-state index contributed by atoms with van der Waals surface area (Å²) >= 11 is 0. The normalized spacial score (nSPS) is 12.1. The zero-order chi connectivity index (χ0) is 38.3. The van der Waals surface area contributed by atoms with Crippen molar-refractivity contribution < 1.29 is 28.6 Å². The highest BCUT2D eigenvalue weighted by Gasteiger charge is 2.19. The van der Waals surface area contributed by atoms with Crippen LogP contribution in [0.25, 0.3) is 0 Å². The summed E-state index contributed by atoms with van der Waals surface area (Å²) in [5.74, 6) is 0.759. The molecule has 0 amide bonds. The van der Waals surface area contributed by atoms with E-state index in [4.69, 9.17) is 14.2 Å². The molecule has 0 aromatic rings. The number of hydrogen-bond acceptors (Lipinski definition) is 6. The van der Waals surface area contributed by atoms with Gasteiger partial charge in [-0.15, -0.1) is 0 Å². The maximum Gasteiger partial charge on any atom is 0.306 e. The summed E-state index contributed by atoms with van der Waals surface area (Å²) in [6, 6.07) is 0. The summed E-state index contributed by atoms with van der Waals surface area (Å²) in [7, 11) is 0. The van der Waals surface area contributed by atoms with Crippen LogP contribution in [0.4, 0.5) is 0 Å². The van der Waals surface area contributed by atoms with Gasteiger partial charge < -0.3 is 14.2 Å². The van der Waals surface area contributed by atoms with Gasteiger partial charge in [-0.05, 0) is 31.1 Å². The third-order valence-corrected chi connectivity index (χ3v) is 10.2. The van der Waals surface area contributed by atoms with Crippen molar-refractivity contribution in [1.82, 2.24) is 0 Å². The monoisotopic (exact) mass is 737 g/mol. The first-order valence-electron chi connectivity index (χ1n) is 22.7. The Morgan fingerprint density at radius 1 is 0.365 bits per heavy atom. The van der Waals surface area contributed by atoms with Gasteiger partial charge in [-0.1, -0.05) is 208 Å². The van der Waals surface area contributed by atoms with Crippen LogP contribution in [0.3, 0.4) is 0 Å². The molecule has 0 aliphatic heterocycles. The summed E-state index contributed by atoms with van der Waals surface area (Å²) in [5, 5.41) is 0. The van der Waals surface area contributed by atoms with Crippen molar-refractivity contribution in [3.63, 3.8) is 0 Å². The Hall–Kier alpha value is -1.59. The van der Waals surface area contributed by atoms with Gasteiger partial charge in [0.25, 0.3) is 0 Å². The highest BCUT2D eigenvalue weighted by atomic mass is 16.6. The van der Waals surface area contributed by atoms with Gasteiger partial charge in [0.05, 0.1) is 0 Å². The molecule has 0 unspecified atom stereocenters. The minimum atomic E-state index is -0.760.